The van der Waals surface area contributed by atoms with Crippen LogP contribution in [0.15, 0.2) is 60.7 Å². The highest BCUT2D eigenvalue weighted by Gasteiger charge is 2.63. The van der Waals surface area contributed by atoms with Gasteiger partial charge >= 0.3 is 0 Å². The number of thioether (sulfide) groups is 1. The normalized spacial score (nSPS) is 32.8. The van der Waals surface area contributed by atoms with Gasteiger partial charge in [0.1, 0.15) is 0 Å². The quantitative estimate of drug-likeness (QED) is 0.714. The van der Waals surface area contributed by atoms with Crippen LogP contribution in [0.25, 0.3) is 0 Å². The number of rotatable bonds is 4. The fourth-order valence-corrected chi connectivity index (χ4v) is 8.08. The van der Waals surface area contributed by atoms with E-state index in [2.05, 4.69) is 72.4 Å². The van der Waals surface area contributed by atoms with Gasteiger partial charge in [-0.25, -0.2) is 0 Å². The molecule has 3 fully saturated rings. The molecule has 0 N–H and O–H groups in total. The van der Waals surface area contributed by atoms with Crippen molar-refractivity contribution in [1.82, 2.24) is 0 Å². The second-order valence-electron chi connectivity index (χ2n) is 8.21. The van der Waals surface area contributed by atoms with Gasteiger partial charge in [0.05, 0.1) is 0 Å². The Kier molecular flexibility index (Phi) is 3.74. The molecule has 0 spiro atoms. The summed E-state index contributed by atoms with van der Waals surface area (Å²) >= 11 is 2.23. The number of hydrogen-bond donors (Lipinski definition) is 0. The Morgan fingerprint density at radius 1 is 0.708 bits per heavy atom. The molecule has 2 aromatic rings. The van der Waals surface area contributed by atoms with Gasteiger partial charge in [-0.3, -0.25) is 0 Å². The van der Waals surface area contributed by atoms with E-state index in [-0.39, 0.29) is 0 Å². The van der Waals surface area contributed by atoms with Crippen molar-refractivity contribution < 1.29 is 0 Å². The molecule has 24 heavy (non-hydrogen) atoms. The van der Waals surface area contributed by atoms with Gasteiger partial charge in [0.25, 0.3) is 0 Å². The molecule has 1 aliphatic heterocycles. The standard InChI is InChI=1S/C23H26S/c1-3-7-17(8-4-1)13-23(14-18-9-5-2-6-10-18)21-11-12-22(23)20-16-24-15-19(20)21/h1-10,19-22H,11-16H2. The minimum Gasteiger partial charge on any atom is -0.161 e. The van der Waals surface area contributed by atoms with Crippen LogP contribution in [-0.2, 0) is 12.8 Å². The zero-order valence-electron chi connectivity index (χ0n) is 14.2. The Morgan fingerprint density at radius 3 is 1.62 bits per heavy atom. The molecule has 0 nitrogen and oxygen atoms in total. The summed E-state index contributed by atoms with van der Waals surface area (Å²) in [7, 11) is 0. The van der Waals surface area contributed by atoms with Gasteiger partial charge in [0.15, 0.2) is 0 Å². The largest absolute Gasteiger partial charge is 0.161 e. The van der Waals surface area contributed by atoms with Gasteiger partial charge in [-0.2, -0.15) is 11.8 Å². The van der Waals surface area contributed by atoms with Crippen molar-refractivity contribution in [2.45, 2.75) is 25.7 Å². The topological polar surface area (TPSA) is 0 Å². The lowest BCUT2D eigenvalue weighted by Crippen LogP contribution is -2.34. The Hall–Kier alpha value is -1.21. The second-order valence-corrected chi connectivity index (χ2v) is 9.29. The number of benzene rings is 2. The van der Waals surface area contributed by atoms with Crippen LogP contribution >= 0.6 is 11.8 Å². The first-order valence-corrected chi connectivity index (χ1v) is 10.7. The van der Waals surface area contributed by atoms with Crippen molar-refractivity contribution in [3.8, 4) is 0 Å². The van der Waals surface area contributed by atoms with Gasteiger partial charge in [-0.1, -0.05) is 60.7 Å². The molecular formula is C23H26S. The van der Waals surface area contributed by atoms with Crippen LogP contribution in [0.1, 0.15) is 24.0 Å². The van der Waals surface area contributed by atoms with Gasteiger partial charge in [-0.05, 0) is 77.4 Å². The average molecular weight is 335 g/mol. The molecule has 4 unspecified atom stereocenters. The Morgan fingerprint density at radius 2 is 1.17 bits per heavy atom. The van der Waals surface area contributed by atoms with Crippen LogP contribution in [0, 0.1) is 29.1 Å². The van der Waals surface area contributed by atoms with Crippen molar-refractivity contribution in [1.29, 1.82) is 0 Å². The maximum atomic E-state index is 2.36. The number of fused-ring (bicyclic) bond motifs is 5. The SMILES string of the molecule is c1ccc(CC2(Cc3ccccc3)C3CCC2C2CSCC23)cc1. The maximum Gasteiger partial charge on any atom is -0.00331 e. The summed E-state index contributed by atoms with van der Waals surface area (Å²) in [5, 5.41) is 0. The van der Waals surface area contributed by atoms with E-state index in [0.29, 0.717) is 5.41 Å². The third-order valence-electron chi connectivity index (χ3n) is 7.22. The minimum absolute atomic E-state index is 0.513. The van der Waals surface area contributed by atoms with Crippen molar-refractivity contribution in [2.24, 2.45) is 29.1 Å². The smallest absolute Gasteiger partial charge is 0.00331 e. The second kappa shape index (κ2) is 5.95. The van der Waals surface area contributed by atoms with E-state index < -0.39 is 0 Å². The van der Waals surface area contributed by atoms with Crippen LogP contribution in [0.4, 0.5) is 0 Å². The maximum absolute atomic E-state index is 2.36. The molecule has 1 saturated heterocycles. The summed E-state index contributed by atoms with van der Waals surface area (Å²) in [6.45, 7) is 0. The van der Waals surface area contributed by atoms with Gasteiger partial charge in [0.2, 0.25) is 0 Å². The summed E-state index contributed by atoms with van der Waals surface area (Å²) in [6.07, 6.45) is 5.53. The van der Waals surface area contributed by atoms with Crippen LogP contribution < -0.4 is 0 Å². The Labute approximate surface area is 150 Å². The summed E-state index contributed by atoms with van der Waals surface area (Å²) in [5.41, 5.74) is 3.62. The molecule has 0 aromatic heterocycles. The first-order chi connectivity index (χ1) is 11.9. The van der Waals surface area contributed by atoms with Gasteiger partial charge < -0.3 is 0 Å². The molecule has 0 radical (unpaired) electrons. The van der Waals surface area contributed by atoms with Crippen molar-refractivity contribution >= 4 is 11.8 Å². The van der Waals surface area contributed by atoms with E-state index in [1.165, 1.54) is 37.2 Å². The summed E-state index contributed by atoms with van der Waals surface area (Å²) in [4.78, 5) is 0. The monoisotopic (exact) mass is 334 g/mol. The Bertz CT molecular complexity index is 631. The number of hydrogen-bond acceptors (Lipinski definition) is 1. The van der Waals surface area contributed by atoms with Crippen LogP contribution in [0.5, 0.6) is 0 Å². The first-order valence-electron chi connectivity index (χ1n) is 9.52. The lowest BCUT2D eigenvalue weighted by molar-refractivity contribution is 0.174. The molecule has 4 atom stereocenters. The first kappa shape index (κ1) is 15.1. The third kappa shape index (κ3) is 2.28. The van der Waals surface area contributed by atoms with Gasteiger partial charge in [-0.15, -0.1) is 0 Å². The molecule has 3 aliphatic rings. The molecule has 5 rings (SSSR count). The van der Waals surface area contributed by atoms with E-state index in [4.69, 9.17) is 0 Å². The lowest BCUT2D eigenvalue weighted by atomic mass is 9.68. The highest BCUT2D eigenvalue weighted by Crippen LogP contribution is 2.68. The van der Waals surface area contributed by atoms with Crippen LogP contribution in [-0.4, -0.2) is 11.5 Å². The lowest BCUT2D eigenvalue weighted by Gasteiger charge is -2.37. The summed E-state index contributed by atoms with van der Waals surface area (Å²) < 4.78 is 0. The van der Waals surface area contributed by atoms with E-state index >= 15 is 0 Å². The molecule has 2 bridgehead atoms. The van der Waals surface area contributed by atoms with E-state index in [9.17, 15) is 0 Å². The Balaban J connectivity index is 1.54. The highest BCUT2D eigenvalue weighted by atomic mass is 32.2. The van der Waals surface area contributed by atoms with E-state index in [1.807, 2.05) is 0 Å². The summed E-state index contributed by atoms with van der Waals surface area (Å²) in [6, 6.07) is 22.6. The fourth-order valence-electron chi connectivity index (χ4n) is 6.45. The molecule has 2 aromatic carbocycles. The van der Waals surface area contributed by atoms with Crippen molar-refractivity contribution in [3.05, 3.63) is 71.8 Å². The zero-order chi connectivity index (χ0) is 16.0. The highest BCUT2D eigenvalue weighted by molar-refractivity contribution is 7.99. The predicted octanol–water partition coefficient (Wildman–Crippen LogP) is 5.48. The summed E-state index contributed by atoms with van der Waals surface area (Å²) in [5.74, 6) is 6.75. The van der Waals surface area contributed by atoms with Crippen molar-refractivity contribution in [3.63, 3.8) is 0 Å². The van der Waals surface area contributed by atoms with Gasteiger partial charge in [0, 0.05) is 0 Å². The van der Waals surface area contributed by atoms with E-state index in [1.54, 1.807) is 11.1 Å². The third-order valence-corrected chi connectivity index (χ3v) is 8.46. The van der Waals surface area contributed by atoms with Crippen LogP contribution in [0.2, 0.25) is 0 Å². The fraction of sp³-hybridized carbons (Fsp3) is 0.478. The van der Waals surface area contributed by atoms with Crippen molar-refractivity contribution in [2.75, 3.05) is 11.5 Å². The van der Waals surface area contributed by atoms with Crippen LogP contribution in [0.3, 0.4) is 0 Å². The molecule has 124 valence electrons. The molecule has 1 heterocycles. The molecule has 2 saturated carbocycles. The molecule has 0 amide bonds. The average Bonchev–Trinajstić information content (AvgIpc) is 3.28. The minimum atomic E-state index is 0.513. The predicted molar refractivity (Wildman–Crippen MR) is 103 cm³/mol. The molecule has 1 heteroatoms. The molecular weight excluding hydrogens is 308 g/mol. The van der Waals surface area contributed by atoms with E-state index in [0.717, 1.165) is 23.7 Å². The molecule has 2 aliphatic carbocycles. The zero-order valence-corrected chi connectivity index (χ0v) is 15.1.